The molecule has 1 aliphatic rings. The summed E-state index contributed by atoms with van der Waals surface area (Å²) < 4.78 is 2.15. The SMILES string of the molecule is CCCc1nc2n(c1CCC(=O)O)CCCN2. The molecule has 0 atom stereocenters. The quantitative estimate of drug-likeness (QED) is 0.817. The molecule has 1 aromatic heterocycles. The fourth-order valence-corrected chi connectivity index (χ4v) is 2.29. The predicted octanol–water partition coefficient (Wildman–Crippen LogP) is 1.67. The van der Waals surface area contributed by atoms with E-state index in [0.717, 1.165) is 49.7 Å². The minimum absolute atomic E-state index is 0.182. The number of hydrogen-bond acceptors (Lipinski definition) is 3. The molecule has 17 heavy (non-hydrogen) atoms. The van der Waals surface area contributed by atoms with Gasteiger partial charge in [0.15, 0.2) is 0 Å². The van der Waals surface area contributed by atoms with Crippen molar-refractivity contribution in [1.29, 1.82) is 0 Å². The topological polar surface area (TPSA) is 67.2 Å². The second kappa shape index (κ2) is 5.21. The summed E-state index contributed by atoms with van der Waals surface area (Å²) >= 11 is 0. The summed E-state index contributed by atoms with van der Waals surface area (Å²) in [6.07, 6.45) is 3.81. The highest BCUT2D eigenvalue weighted by atomic mass is 16.4. The molecule has 2 N–H and O–H groups in total. The molecule has 0 aromatic carbocycles. The van der Waals surface area contributed by atoms with E-state index in [4.69, 9.17) is 5.11 Å². The summed E-state index contributed by atoms with van der Waals surface area (Å²) in [6, 6.07) is 0. The van der Waals surface area contributed by atoms with Gasteiger partial charge < -0.3 is 15.0 Å². The van der Waals surface area contributed by atoms with Crippen molar-refractivity contribution in [3.8, 4) is 0 Å². The van der Waals surface area contributed by atoms with Gasteiger partial charge in [-0.15, -0.1) is 0 Å². The maximum atomic E-state index is 10.7. The number of rotatable bonds is 5. The maximum absolute atomic E-state index is 10.7. The third kappa shape index (κ3) is 2.60. The van der Waals surface area contributed by atoms with Crippen molar-refractivity contribution < 1.29 is 9.90 Å². The number of anilines is 1. The molecule has 0 spiro atoms. The number of aryl methyl sites for hydroxylation is 1. The second-order valence-corrected chi connectivity index (χ2v) is 4.40. The van der Waals surface area contributed by atoms with Crippen molar-refractivity contribution in [3.63, 3.8) is 0 Å². The Morgan fingerprint density at radius 2 is 2.35 bits per heavy atom. The monoisotopic (exact) mass is 237 g/mol. The molecule has 0 aliphatic carbocycles. The first-order valence-electron chi connectivity index (χ1n) is 6.26. The van der Waals surface area contributed by atoms with E-state index >= 15 is 0 Å². The number of hydrogen-bond donors (Lipinski definition) is 2. The Kier molecular flexibility index (Phi) is 3.66. The molecule has 1 aromatic rings. The average Bonchev–Trinajstić information content (AvgIpc) is 2.64. The van der Waals surface area contributed by atoms with E-state index in [-0.39, 0.29) is 6.42 Å². The lowest BCUT2D eigenvalue weighted by Gasteiger charge is -2.17. The number of carbonyl (C=O) groups is 1. The molecule has 0 fully saturated rings. The van der Waals surface area contributed by atoms with Crippen LogP contribution < -0.4 is 5.32 Å². The van der Waals surface area contributed by atoms with Gasteiger partial charge in [0.25, 0.3) is 0 Å². The molecule has 0 unspecified atom stereocenters. The van der Waals surface area contributed by atoms with Gasteiger partial charge in [-0.3, -0.25) is 4.79 Å². The van der Waals surface area contributed by atoms with E-state index < -0.39 is 5.97 Å². The fraction of sp³-hybridized carbons (Fsp3) is 0.667. The van der Waals surface area contributed by atoms with Crippen LogP contribution in [0.4, 0.5) is 5.95 Å². The van der Waals surface area contributed by atoms with Crippen LogP contribution in [0.5, 0.6) is 0 Å². The van der Waals surface area contributed by atoms with Gasteiger partial charge in [-0.25, -0.2) is 4.98 Å². The van der Waals surface area contributed by atoms with Gasteiger partial charge >= 0.3 is 5.97 Å². The van der Waals surface area contributed by atoms with Crippen LogP contribution in [0.25, 0.3) is 0 Å². The minimum Gasteiger partial charge on any atom is -0.481 e. The molecule has 0 saturated heterocycles. The number of fused-ring (bicyclic) bond motifs is 1. The first-order valence-corrected chi connectivity index (χ1v) is 6.26. The van der Waals surface area contributed by atoms with Gasteiger partial charge in [0.2, 0.25) is 5.95 Å². The third-order valence-corrected chi connectivity index (χ3v) is 3.06. The van der Waals surface area contributed by atoms with Crippen LogP contribution in [-0.2, 0) is 24.2 Å². The summed E-state index contributed by atoms with van der Waals surface area (Å²) in [4.78, 5) is 15.3. The first kappa shape index (κ1) is 12.0. The molecule has 0 saturated carbocycles. The molecule has 1 aliphatic heterocycles. The van der Waals surface area contributed by atoms with Gasteiger partial charge in [-0.1, -0.05) is 13.3 Å². The lowest BCUT2D eigenvalue weighted by molar-refractivity contribution is -0.136. The third-order valence-electron chi connectivity index (χ3n) is 3.06. The highest BCUT2D eigenvalue weighted by molar-refractivity contribution is 5.67. The first-order chi connectivity index (χ1) is 8.22. The van der Waals surface area contributed by atoms with E-state index in [1.54, 1.807) is 0 Å². The van der Waals surface area contributed by atoms with Crippen molar-refractivity contribution in [2.24, 2.45) is 0 Å². The second-order valence-electron chi connectivity index (χ2n) is 4.40. The van der Waals surface area contributed by atoms with Crippen molar-refractivity contribution >= 4 is 11.9 Å². The minimum atomic E-state index is -0.744. The van der Waals surface area contributed by atoms with E-state index in [9.17, 15) is 4.79 Å². The molecule has 2 rings (SSSR count). The van der Waals surface area contributed by atoms with Crippen LogP contribution in [0.1, 0.15) is 37.6 Å². The highest BCUT2D eigenvalue weighted by Crippen LogP contribution is 2.22. The Balaban J connectivity index is 2.24. The summed E-state index contributed by atoms with van der Waals surface area (Å²) in [5.74, 6) is 0.173. The zero-order valence-corrected chi connectivity index (χ0v) is 10.2. The molecule has 5 nitrogen and oxygen atoms in total. The zero-order chi connectivity index (χ0) is 12.3. The summed E-state index contributed by atoms with van der Waals surface area (Å²) in [5.41, 5.74) is 2.18. The molecule has 94 valence electrons. The van der Waals surface area contributed by atoms with Gasteiger partial charge in [-0.05, 0) is 12.8 Å². The molecular formula is C12H19N3O2. The number of imidazole rings is 1. The van der Waals surface area contributed by atoms with Crippen LogP contribution in [-0.4, -0.2) is 27.2 Å². The van der Waals surface area contributed by atoms with Crippen LogP contribution in [0.15, 0.2) is 0 Å². The van der Waals surface area contributed by atoms with Crippen molar-refractivity contribution in [1.82, 2.24) is 9.55 Å². The number of carboxylic acids is 1. The van der Waals surface area contributed by atoms with Crippen LogP contribution in [0.3, 0.4) is 0 Å². The Hall–Kier alpha value is -1.52. The average molecular weight is 237 g/mol. The maximum Gasteiger partial charge on any atom is 0.303 e. The van der Waals surface area contributed by atoms with Gasteiger partial charge in [0, 0.05) is 25.2 Å². The Morgan fingerprint density at radius 3 is 3.06 bits per heavy atom. The largest absolute Gasteiger partial charge is 0.481 e. The normalized spacial score (nSPS) is 14.2. The standard InChI is InChI=1S/C12H19N3O2/c1-2-4-9-10(5-6-11(16)17)15-8-3-7-13-12(15)14-9/h2-8H2,1H3,(H,13,14)(H,16,17). The Morgan fingerprint density at radius 1 is 1.53 bits per heavy atom. The Labute approximate surface area is 101 Å². The number of carboxylic acid groups (broad SMARTS) is 1. The van der Waals surface area contributed by atoms with Gasteiger partial charge in [0.05, 0.1) is 12.1 Å². The highest BCUT2D eigenvalue weighted by Gasteiger charge is 2.19. The molecule has 0 radical (unpaired) electrons. The fourth-order valence-electron chi connectivity index (χ4n) is 2.29. The number of aliphatic carboxylic acids is 1. The van der Waals surface area contributed by atoms with E-state index in [2.05, 4.69) is 21.8 Å². The summed E-state index contributed by atoms with van der Waals surface area (Å²) in [5, 5.41) is 12.1. The molecule has 5 heteroatoms. The molecule has 0 amide bonds. The van der Waals surface area contributed by atoms with E-state index in [0.29, 0.717) is 6.42 Å². The molecule has 0 bridgehead atoms. The lowest BCUT2D eigenvalue weighted by atomic mass is 10.1. The van der Waals surface area contributed by atoms with Crippen LogP contribution >= 0.6 is 0 Å². The summed E-state index contributed by atoms with van der Waals surface area (Å²) in [7, 11) is 0. The van der Waals surface area contributed by atoms with E-state index in [1.165, 1.54) is 0 Å². The molecule has 2 heterocycles. The van der Waals surface area contributed by atoms with Crippen LogP contribution in [0.2, 0.25) is 0 Å². The van der Waals surface area contributed by atoms with E-state index in [1.807, 2.05) is 0 Å². The van der Waals surface area contributed by atoms with Gasteiger partial charge in [0.1, 0.15) is 0 Å². The smallest absolute Gasteiger partial charge is 0.303 e. The number of aromatic nitrogens is 2. The lowest BCUT2D eigenvalue weighted by Crippen LogP contribution is -2.19. The van der Waals surface area contributed by atoms with Crippen molar-refractivity contribution in [2.45, 2.75) is 45.6 Å². The number of nitrogens with one attached hydrogen (secondary N) is 1. The molecular weight excluding hydrogens is 218 g/mol. The predicted molar refractivity (Wildman–Crippen MR) is 65.3 cm³/mol. The van der Waals surface area contributed by atoms with Gasteiger partial charge in [-0.2, -0.15) is 0 Å². The summed E-state index contributed by atoms with van der Waals surface area (Å²) in [6.45, 7) is 4.03. The zero-order valence-electron chi connectivity index (χ0n) is 10.2. The number of nitrogens with zero attached hydrogens (tertiary/aromatic N) is 2. The Bertz CT molecular complexity index is 412. The van der Waals surface area contributed by atoms with Crippen molar-refractivity contribution in [3.05, 3.63) is 11.4 Å². The van der Waals surface area contributed by atoms with Crippen LogP contribution in [0, 0.1) is 0 Å². The van der Waals surface area contributed by atoms with Crippen molar-refractivity contribution in [2.75, 3.05) is 11.9 Å².